The summed E-state index contributed by atoms with van der Waals surface area (Å²) >= 11 is 0. The van der Waals surface area contributed by atoms with E-state index < -0.39 is 0 Å². The zero-order valence-electron chi connectivity index (χ0n) is 12.8. The van der Waals surface area contributed by atoms with Crippen molar-refractivity contribution in [3.63, 3.8) is 0 Å². The zero-order chi connectivity index (χ0) is 15.2. The summed E-state index contributed by atoms with van der Waals surface area (Å²) in [6, 6.07) is 13.4. The third-order valence-electron chi connectivity index (χ3n) is 3.37. The van der Waals surface area contributed by atoms with Gasteiger partial charge in [-0.2, -0.15) is 0 Å². The van der Waals surface area contributed by atoms with Gasteiger partial charge in [0.15, 0.2) is 11.6 Å². The van der Waals surface area contributed by atoms with Crippen molar-refractivity contribution in [2.45, 2.75) is 33.2 Å². The van der Waals surface area contributed by atoms with Crippen molar-refractivity contribution in [2.24, 2.45) is 0 Å². The second-order valence-corrected chi connectivity index (χ2v) is 5.33. The average molecular weight is 287 g/mol. The standard InChI is InChI=1S/C18H22FNO/c1-4-21-18-10-9-16(11-17(18)19)20-12-14-5-7-15(8-6-14)13(2)3/h5-11,13,20H,4,12H2,1-3H3. The molecule has 2 rings (SSSR count). The maximum atomic E-state index is 13.7. The fraction of sp³-hybridized carbons (Fsp3) is 0.333. The van der Waals surface area contributed by atoms with Gasteiger partial charge in [-0.05, 0) is 36.1 Å². The van der Waals surface area contributed by atoms with E-state index in [9.17, 15) is 4.39 Å². The number of ether oxygens (including phenoxy) is 1. The highest BCUT2D eigenvalue weighted by atomic mass is 19.1. The molecule has 0 unspecified atom stereocenters. The molecule has 21 heavy (non-hydrogen) atoms. The molecule has 0 aliphatic heterocycles. The second kappa shape index (κ2) is 7.11. The first kappa shape index (κ1) is 15.4. The molecule has 0 amide bonds. The quantitative estimate of drug-likeness (QED) is 0.810. The van der Waals surface area contributed by atoms with Crippen LogP contribution in [-0.4, -0.2) is 6.61 Å². The smallest absolute Gasteiger partial charge is 0.167 e. The largest absolute Gasteiger partial charge is 0.491 e. The van der Waals surface area contributed by atoms with Crippen LogP contribution in [0.2, 0.25) is 0 Å². The summed E-state index contributed by atoms with van der Waals surface area (Å²) in [6.45, 7) is 7.33. The number of halogens is 1. The van der Waals surface area contributed by atoms with Crippen molar-refractivity contribution in [1.29, 1.82) is 0 Å². The molecule has 0 fully saturated rings. The van der Waals surface area contributed by atoms with Crippen LogP contribution in [0.15, 0.2) is 42.5 Å². The molecule has 112 valence electrons. The molecule has 0 radical (unpaired) electrons. The van der Waals surface area contributed by atoms with Gasteiger partial charge in [-0.1, -0.05) is 38.1 Å². The zero-order valence-corrected chi connectivity index (χ0v) is 12.8. The first-order valence-electron chi connectivity index (χ1n) is 7.35. The Labute approximate surface area is 126 Å². The van der Waals surface area contributed by atoms with E-state index in [1.165, 1.54) is 17.2 Å². The molecule has 0 aliphatic rings. The molecule has 0 saturated carbocycles. The summed E-state index contributed by atoms with van der Waals surface area (Å²) in [6.07, 6.45) is 0. The minimum atomic E-state index is -0.336. The summed E-state index contributed by atoms with van der Waals surface area (Å²) in [4.78, 5) is 0. The van der Waals surface area contributed by atoms with Crippen molar-refractivity contribution < 1.29 is 9.13 Å². The van der Waals surface area contributed by atoms with Gasteiger partial charge in [-0.3, -0.25) is 0 Å². The van der Waals surface area contributed by atoms with E-state index in [-0.39, 0.29) is 5.82 Å². The van der Waals surface area contributed by atoms with Gasteiger partial charge in [-0.25, -0.2) is 4.39 Å². The first-order valence-corrected chi connectivity index (χ1v) is 7.35. The SMILES string of the molecule is CCOc1ccc(NCc2ccc(C(C)C)cc2)cc1F. The molecule has 3 heteroatoms. The van der Waals surface area contributed by atoms with Gasteiger partial charge >= 0.3 is 0 Å². The molecule has 2 nitrogen and oxygen atoms in total. The van der Waals surface area contributed by atoms with Crippen molar-refractivity contribution >= 4 is 5.69 Å². The van der Waals surface area contributed by atoms with Crippen molar-refractivity contribution in [2.75, 3.05) is 11.9 Å². The lowest BCUT2D eigenvalue weighted by Gasteiger charge is -2.10. The number of hydrogen-bond acceptors (Lipinski definition) is 2. The van der Waals surface area contributed by atoms with Crippen LogP contribution in [0.5, 0.6) is 5.75 Å². The van der Waals surface area contributed by atoms with Crippen LogP contribution in [0.1, 0.15) is 37.8 Å². The highest BCUT2D eigenvalue weighted by molar-refractivity contribution is 5.47. The van der Waals surface area contributed by atoms with Crippen LogP contribution < -0.4 is 10.1 Å². The molecule has 2 aromatic rings. The van der Waals surface area contributed by atoms with Gasteiger partial charge in [-0.15, -0.1) is 0 Å². The number of hydrogen-bond donors (Lipinski definition) is 1. The van der Waals surface area contributed by atoms with Crippen molar-refractivity contribution in [3.8, 4) is 5.75 Å². The highest BCUT2D eigenvalue weighted by Crippen LogP contribution is 2.22. The van der Waals surface area contributed by atoms with Crippen LogP contribution in [0, 0.1) is 5.82 Å². The topological polar surface area (TPSA) is 21.3 Å². The van der Waals surface area contributed by atoms with E-state index >= 15 is 0 Å². The van der Waals surface area contributed by atoms with E-state index in [1.807, 2.05) is 13.0 Å². The molecule has 0 spiro atoms. The van der Waals surface area contributed by atoms with E-state index in [0.717, 1.165) is 5.69 Å². The van der Waals surface area contributed by atoms with Crippen LogP contribution in [0.25, 0.3) is 0 Å². The summed E-state index contributed by atoms with van der Waals surface area (Å²) in [5, 5.41) is 3.22. The Balaban J connectivity index is 1.97. The fourth-order valence-electron chi connectivity index (χ4n) is 2.11. The maximum Gasteiger partial charge on any atom is 0.167 e. The first-order chi connectivity index (χ1) is 10.1. The second-order valence-electron chi connectivity index (χ2n) is 5.33. The molecule has 0 heterocycles. The normalized spacial score (nSPS) is 10.7. The Kier molecular flexibility index (Phi) is 5.20. The van der Waals surface area contributed by atoms with Gasteiger partial charge < -0.3 is 10.1 Å². The molecule has 2 aromatic carbocycles. The third kappa shape index (κ3) is 4.22. The van der Waals surface area contributed by atoms with Crippen LogP contribution in [0.3, 0.4) is 0 Å². The highest BCUT2D eigenvalue weighted by Gasteiger charge is 2.04. The molecule has 1 N–H and O–H groups in total. The van der Waals surface area contributed by atoms with E-state index in [2.05, 4.69) is 43.4 Å². The number of benzene rings is 2. The Morgan fingerprint density at radius 3 is 2.38 bits per heavy atom. The number of rotatable bonds is 6. The van der Waals surface area contributed by atoms with Crippen molar-refractivity contribution in [3.05, 3.63) is 59.4 Å². The molecular formula is C18H22FNO. The molecule has 0 atom stereocenters. The Morgan fingerprint density at radius 1 is 1.10 bits per heavy atom. The monoisotopic (exact) mass is 287 g/mol. The van der Waals surface area contributed by atoms with Crippen LogP contribution in [-0.2, 0) is 6.54 Å². The predicted octanol–water partition coefficient (Wildman–Crippen LogP) is 4.96. The number of nitrogens with one attached hydrogen (secondary N) is 1. The third-order valence-corrected chi connectivity index (χ3v) is 3.37. The number of anilines is 1. The molecule has 0 aliphatic carbocycles. The minimum absolute atomic E-state index is 0.296. The van der Waals surface area contributed by atoms with Crippen LogP contribution >= 0.6 is 0 Å². The van der Waals surface area contributed by atoms with Gasteiger partial charge in [0, 0.05) is 18.3 Å². The summed E-state index contributed by atoms with van der Waals surface area (Å²) in [5.41, 5.74) is 3.25. The maximum absolute atomic E-state index is 13.7. The van der Waals surface area contributed by atoms with E-state index in [1.54, 1.807) is 6.07 Å². The Hall–Kier alpha value is -2.03. The van der Waals surface area contributed by atoms with Gasteiger partial charge in [0.2, 0.25) is 0 Å². The van der Waals surface area contributed by atoms with Crippen LogP contribution in [0.4, 0.5) is 10.1 Å². The van der Waals surface area contributed by atoms with Crippen molar-refractivity contribution in [1.82, 2.24) is 0 Å². The lowest BCUT2D eigenvalue weighted by molar-refractivity contribution is 0.321. The molecule has 0 saturated heterocycles. The lowest BCUT2D eigenvalue weighted by atomic mass is 10.0. The summed E-state index contributed by atoms with van der Waals surface area (Å²) < 4.78 is 18.9. The lowest BCUT2D eigenvalue weighted by Crippen LogP contribution is -2.01. The van der Waals surface area contributed by atoms with E-state index in [0.29, 0.717) is 24.8 Å². The fourth-order valence-corrected chi connectivity index (χ4v) is 2.11. The molecule has 0 aromatic heterocycles. The average Bonchev–Trinajstić information content (AvgIpc) is 2.48. The summed E-state index contributed by atoms with van der Waals surface area (Å²) in [7, 11) is 0. The summed E-state index contributed by atoms with van der Waals surface area (Å²) in [5.74, 6) is 0.494. The minimum Gasteiger partial charge on any atom is -0.491 e. The van der Waals surface area contributed by atoms with Gasteiger partial charge in [0.25, 0.3) is 0 Å². The molecular weight excluding hydrogens is 265 g/mol. The van der Waals surface area contributed by atoms with Gasteiger partial charge in [0.05, 0.1) is 6.61 Å². The Morgan fingerprint density at radius 2 is 1.81 bits per heavy atom. The Bertz CT molecular complexity index is 578. The molecule has 0 bridgehead atoms. The van der Waals surface area contributed by atoms with Gasteiger partial charge in [0.1, 0.15) is 0 Å². The van der Waals surface area contributed by atoms with E-state index in [4.69, 9.17) is 4.74 Å². The predicted molar refractivity (Wildman–Crippen MR) is 85.4 cm³/mol.